The van der Waals surface area contributed by atoms with E-state index in [0.717, 1.165) is 24.4 Å². The molecule has 1 N–H and O–H groups in total. The number of hydrogen-bond donors (Lipinski definition) is 1. The van der Waals surface area contributed by atoms with Crippen molar-refractivity contribution in [3.05, 3.63) is 53.6 Å². The molecule has 0 aliphatic rings. The second-order valence-corrected chi connectivity index (χ2v) is 5.08. The van der Waals surface area contributed by atoms with Crippen LogP contribution in [0.1, 0.15) is 24.5 Å². The lowest BCUT2D eigenvalue weighted by atomic mass is 10.0. The van der Waals surface area contributed by atoms with Crippen LogP contribution in [0.15, 0.2) is 42.5 Å². The van der Waals surface area contributed by atoms with Crippen LogP contribution in [0.3, 0.4) is 0 Å². The number of rotatable bonds is 6. The largest absolute Gasteiger partial charge is 0.496 e. The lowest BCUT2D eigenvalue weighted by molar-refractivity contribution is 0.416. The molecule has 0 bridgehead atoms. The van der Waals surface area contributed by atoms with Crippen LogP contribution in [0.25, 0.3) is 11.1 Å². The fourth-order valence-electron chi connectivity index (χ4n) is 2.26. The normalized spacial score (nSPS) is 10.6. The third-order valence-corrected chi connectivity index (χ3v) is 3.38. The smallest absolute Gasteiger partial charge is 0.126 e. The lowest BCUT2D eigenvalue weighted by Gasteiger charge is -2.10. The van der Waals surface area contributed by atoms with Crippen LogP contribution in [0, 0.1) is 6.92 Å². The lowest BCUT2D eigenvalue weighted by Crippen LogP contribution is -2.13. The molecular formula is C18H23NO. The van der Waals surface area contributed by atoms with Crippen molar-refractivity contribution in [3.8, 4) is 16.9 Å². The van der Waals surface area contributed by atoms with E-state index in [1.807, 2.05) is 6.07 Å². The molecule has 2 heteroatoms. The Morgan fingerprint density at radius 2 is 1.80 bits per heavy atom. The number of ether oxygens (including phenoxy) is 1. The van der Waals surface area contributed by atoms with Crippen LogP contribution in [-0.2, 0) is 6.54 Å². The van der Waals surface area contributed by atoms with Gasteiger partial charge in [0.15, 0.2) is 0 Å². The molecule has 106 valence electrons. The highest BCUT2D eigenvalue weighted by atomic mass is 16.5. The number of methoxy groups -OCH3 is 1. The summed E-state index contributed by atoms with van der Waals surface area (Å²) in [7, 11) is 1.72. The van der Waals surface area contributed by atoms with Crippen LogP contribution in [0.4, 0.5) is 0 Å². The fourth-order valence-corrected chi connectivity index (χ4v) is 2.26. The van der Waals surface area contributed by atoms with Crippen molar-refractivity contribution in [2.45, 2.75) is 26.8 Å². The van der Waals surface area contributed by atoms with Gasteiger partial charge in [0.1, 0.15) is 5.75 Å². The van der Waals surface area contributed by atoms with E-state index >= 15 is 0 Å². The van der Waals surface area contributed by atoms with E-state index in [9.17, 15) is 0 Å². The minimum absolute atomic E-state index is 0.924. The Morgan fingerprint density at radius 1 is 1.05 bits per heavy atom. The molecular weight excluding hydrogens is 246 g/mol. The first-order valence-electron chi connectivity index (χ1n) is 7.19. The van der Waals surface area contributed by atoms with Gasteiger partial charge in [-0.15, -0.1) is 0 Å². The van der Waals surface area contributed by atoms with Crippen molar-refractivity contribution in [1.29, 1.82) is 0 Å². The topological polar surface area (TPSA) is 21.3 Å². The number of nitrogens with one attached hydrogen (secondary N) is 1. The summed E-state index contributed by atoms with van der Waals surface area (Å²) < 4.78 is 5.45. The third-order valence-electron chi connectivity index (χ3n) is 3.38. The highest BCUT2D eigenvalue weighted by Crippen LogP contribution is 2.30. The fraction of sp³-hybridized carbons (Fsp3) is 0.333. The van der Waals surface area contributed by atoms with Gasteiger partial charge >= 0.3 is 0 Å². The molecule has 2 aromatic carbocycles. The highest BCUT2D eigenvalue weighted by molar-refractivity contribution is 5.71. The minimum atomic E-state index is 0.924. The SMILES string of the molecule is CCCNCc1ccc(-c2cc(C)ccc2OC)cc1. The van der Waals surface area contributed by atoms with Gasteiger partial charge in [-0.05, 0) is 43.1 Å². The Balaban J connectivity index is 2.19. The van der Waals surface area contributed by atoms with Crippen molar-refractivity contribution in [2.24, 2.45) is 0 Å². The van der Waals surface area contributed by atoms with E-state index in [-0.39, 0.29) is 0 Å². The Kier molecular flexibility index (Phi) is 5.19. The van der Waals surface area contributed by atoms with Gasteiger partial charge in [-0.25, -0.2) is 0 Å². The van der Waals surface area contributed by atoms with Gasteiger partial charge in [-0.3, -0.25) is 0 Å². The molecule has 0 amide bonds. The molecule has 0 radical (unpaired) electrons. The number of aryl methyl sites for hydroxylation is 1. The summed E-state index contributed by atoms with van der Waals surface area (Å²) in [5, 5.41) is 3.42. The molecule has 20 heavy (non-hydrogen) atoms. The zero-order chi connectivity index (χ0) is 14.4. The molecule has 0 aromatic heterocycles. The summed E-state index contributed by atoms with van der Waals surface area (Å²) in [6.45, 7) is 6.28. The summed E-state index contributed by atoms with van der Waals surface area (Å²) in [5.74, 6) is 0.924. The van der Waals surface area contributed by atoms with Crippen LogP contribution < -0.4 is 10.1 Å². The van der Waals surface area contributed by atoms with Crippen molar-refractivity contribution < 1.29 is 4.74 Å². The summed E-state index contributed by atoms with van der Waals surface area (Å²) in [6.07, 6.45) is 1.17. The van der Waals surface area contributed by atoms with Gasteiger partial charge in [0, 0.05) is 12.1 Å². The van der Waals surface area contributed by atoms with Crippen LogP contribution in [0.5, 0.6) is 5.75 Å². The van der Waals surface area contributed by atoms with E-state index in [4.69, 9.17) is 4.74 Å². The molecule has 0 saturated heterocycles. The molecule has 0 aliphatic carbocycles. The van der Waals surface area contributed by atoms with Crippen molar-refractivity contribution in [1.82, 2.24) is 5.32 Å². The zero-order valence-corrected chi connectivity index (χ0v) is 12.6. The van der Waals surface area contributed by atoms with E-state index in [2.05, 4.69) is 55.6 Å². The molecule has 0 spiro atoms. The zero-order valence-electron chi connectivity index (χ0n) is 12.6. The quantitative estimate of drug-likeness (QED) is 0.795. The first kappa shape index (κ1) is 14.6. The Labute approximate surface area is 121 Å². The second-order valence-electron chi connectivity index (χ2n) is 5.08. The minimum Gasteiger partial charge on any atom is -0.496 e. The van der Waals surface area contributed by atoms with Gasteiger partial charge in [0.2, 0.25) is 0 Å². The summed E-state index contributed by atoms with van der Waals surface area (Å²) >= 11 is 0. The van der Waals surface area contributed by atoms with E-state index in [1.165, 1.54) is 23.1 Å². The van der Waals surface area contributed by atoms with Crippen molar-refractivity contribution in [3.63, 3.8) is 0 Å². The van der Waals surface area contributed by atoms with Crippen molar-refractivity contribution >= 4 is 0 Å². The Hall–Kier alpha value is -1.80. The van der Waals surface area contributed by atoms with E-state index in [0.29, 0.717) is 0 Å². The molecule has 0 atom stereocenters. The molecule has 0 fully saturated rings. The van der Waals surface area contributed by atoms with Gasteiger partial charge in [0.25, 0.3) is 0 Å². The van der Waals surface area contributed by atoms with Gasteiger partial charge in [-0.2, -0.15) is 0 Å². The van der Waals surface area contributed by atoms with Crippen LogP contribution >= 0.6 is 0 Å². The molecule has 2 rings (SSSR count). The van der Waals surface area contributed by atoms with Gasteiger partial charge < -0.3 is 10.1 Å². The van der Waals surface area contributed by atoms with E-state index < -0.39 is 0 Å². The summed E-state index contributed by atoms with van der Waals surface area (Å²) in [6, 6.07) is 15.0. The summed E-state index contributed by atoms with van der Waals surface area (Å²) in [5.41, 5.74) is 4.91. The van der Waals surface area contributed by atoms with Gasteiger partial charge in [0.05, 0.1) is 7.11 Å². The maximum Gasteiger partial charge on any atom is 0.126 e. The Bertz CT molecular complexity index is 546. The van der Waals surface area contributed by atoms with Crippen LogP contribution in [0.2, 0.25) is 0 Å². The Morgan fingerprint density at radius 3 is 2.45 bits per heavy atom. The van der Waals surface area contributed by atoms with E-state index in [1.54, 1.807) is 7.11 Å². The molecule has 0 saturated carbocycles. The second kappa shape index (κ2) is 7.11. The first-order chi connectivity index (χ1) is 9.74. The average molecular weight is 269 g/mol. The molecule has 0 heterocycles. The molecule has 2 aromatic rings. The number of benzene rings is 2. The van der Waals surface area contributed by atoms with Crippen LogP contribution in [-0.4, -0.2) is 13.7 Å². The predicted octanol–water partition coefficient (Wildman–Crippen LogP) is 4.17. The third kappa shape index (κ3) is 3.61. The average Bonchev–Trinajstić information content (AvgIpc) is 2.48. The maximum absolute atomic E-state index is 5.45. The van der Waals surface area contributed by atoms with Gasteiger partial charge in [-0.1, -0.05) is 42.8 Å². The molecule has 2 nitrogen and oxygen atoms in total. The molecule has 0 unspecified atom stereocenters. The summed E-state index contributed by atoms with van der Waals surface area (Å²) in [4.78, 5) is 0. The standard InChI is InChI=1S/C18H23NO/c1-4-11-19-13-15-6-8-16(9-7-15)17-12-14(2)5-10-18(17)20-3/h5-10,12,19H,4,11,13H2,1-3H3. The molecule has 0 aliphatic heterocycles. The highest BCUT2D eigenvalue weighted by Gasteiger charge is 2.06. The number of hydrogen-bond acceptors (Lipinski definition) is 2. The monoisotopic (exact) mass is 269 g/mol. The first-order valence-corrected chi connectivity index (χ1v) is 7.19. The predicted molar refractivity (Wildman–Crippen MR) is 85.2 cm³/mol. The maximum atomic E-state index is 5.45. The van der Waals surface area contributed by atoms with Crippen molar-refractivity contribution in [2.75, 3.05) is 13.7 Å².